The number of carbonyl (C=O) groups is 1. The van der Waals surface area contributed by atoms with Crippen LogP contribution in [0, 0.1) is 0 Å². The minimum Gasteiger partial charge on any atom is -0.462 e. The summed E-state index contributed by atoms with van der Waals surface area (Å²) in [6.45, 7) is 5.68. The monoisotopic (exact) mass is 465 g/mol. The van der Waals surface area contributed by atoms with E-state index in [0.29, 0.717) is 25.3 Å². The first-order valence-corrected chi connectivity index (χ1v) is 13.0. The molecule has 0 bridgehead atoms. The largest absolute Gasteiger partial charge is 0.462 e. The lowest BCUT2D eigenvalue weighted by Gasteiger charge is -2.19. The number of carbonyl (C=O) groups excluding carboxylic acids is 1. The third kappa shape index (κ3) is 4.62. The molecule has 1 saturated heterocycles. The number of ether oxygens (including phenoxy) is 1. The summed E-state index contributed by atoms with van der Waals surface area (Å²) in [5.74, 6) is 0.544. The molecular weight excluding hydrogens is 434 g/mol. The Bertz CT molecular complexity index is 1210. The molecule has 1 aromatic carbocycles. The van der Waals surface area contributed by atoms with Gasteiger partial charge in [-0.3, -0.25) is 14.3 Å². The van der Waals surface area contributed by atoms with E-state index < -0.39 is 0 Å². The second-order valence-corrected chi connectivity index (χ2v) is 10.2. The first-order chi connectivity index (χ1) is 16.1. The number of aryl methyl sites for hydroxylation is 2. The fraction of sp³-hybridized carbons (Fsp3) is 0.500. The molecule has 3 aromatic rings. The van der Waals surface area contributed by atoms with Crippen LogP contribution in [0.4, 0.5) is 0 Å². The maximum absolute atomic E-state index is 13.8. The van der Waals surface area contributed by atoms with Crippen molar-refractivity contribution in [2.75, 3.05) is 19.7 Å². The molecule has 0 N–H and O–H groups in total. The second-order valence-electron chi connectivity index (χ2n) is 9.13. The molecule has 1 fully saturated rings. The van der Waals surface area contributed by atoms with Crippen LogP contribution in [0.3, 0.4) is 0 Å². The fourth-order valence-corrected chi connectivity index (χ4v) is 6.18. The van der Waals surface area contributed by atoms with Crippen LogP contribution >= 0.6 is 11.3 Å². The van der Waals surface area contributed by atoms with Gasteiger partial charge in [0.05, 0.1) is 30.6 Å². The molecule has 1 aliphatic heterocycles. The summed E-state index contributed by atoms with van der Waals surface area (Å²) in [5, 5.41) is 0.833. The quantitative estimate of drug-likeness (QED) is 0.479. The third-order valence-corrected chi connectivity index (χ3v) is 7.87. The molecule has 6 nitrogen and oxygen atoms in total. The van der Waals surface area contributed by atoms with Crippen molar-refractivity contribution in [2.45, 2.75) is 65.0 Å². The number of likely N-dealkylation sites (tertiary alicyclic amines) is 1. The Kier molecular flexibility index (Phi) is 6.60. The Balaban J connectivity index is 1.50. The highest BCUT2D eigenvalue weighted by molar-refractivity contribution is 7.18. The number of fused-ring (bicyclic) bond motifs is 3. The zero-order valence-electron chi connectivity index (χ0n) is 19.3. The van der Waals surface area contributed by atoms with Gasteiger partial charge in [-0.1, -0.05) is 19.1 Å². The average molecular weight is 466 g/mol. The highest BCUT2D eigenvalue weighted by Crippen LogP contribution is 2.34. The molecule has 33 heavy (non-hydrogen) atoms. The standard InChI is InChI=1S/C26H31N3O3S/c1-2-15-32-26(31)19-11-9-18(10-12-19)16-29-22(17-28-13-5-6-14-28)27-24-23(25(29)30)20-7-3-4-8-21(20)33-24/h9-12H,2-8,13-17H2,1H3. The first kappa shape index (κ1) is 22.3. The zero-order chi connectivity index (χ0) is 22.8. The topological polar surface area (TPSA) is 64.4 Å². The predicted molar refractivity (Wildman–Crippen MR) is 131 cm³/mol. The van der Waals surface area contributed by atoms with Crippen LogP contribution < -0.4 is 5.56 Å². The summed E-state index contributed by atoms with van der Waals surface area (Å²) < 4.78 is 7.10. The number of hydrogen-bond acceptors (Lipinski definition) is 6. The second kappa shape index (κ2) is 9.77. The van der Waals surface area contributed by atoms with Crippen molar-refractivity contribution in [2.24, 2.45) is 0 Å². The van der Waals surface area contributed by atoms with Crippen molar-refractivity contribution in [3.05, 3.63) is 62.0 Å². The molecule has 2 aliphatic rings. The molecule has 2 aromatic heterocycles. The number of benzene rings is 1. The van der Waals surface area contributed by atoms with Gasteiger partial charge in [-0.25, -0.2) is 9.78 Å². The minimum absolute atomic E-state index is 0.0834. The van der Waals surface area contributed by atoms with Crippen LogP contribution in [0.5, 0.6) is 0 Å². The van der Waals surface area contributed by atoms with Gasteiger partial charge in [-0.2, -0.15) is 0 Å². The molecule has 0 radical (unpaired) electrons. The van der Waals surface area contributed by atoms with Crippen molar-refractivity contribution >= 4 is 27.5 Å². The first-order valence-electron chi connectivity index (χ1n) is 12.2. The van der Waals surface area contributed by atoms with Gasteiger partial charge in [0.1, 0.15) is 10.7 Å². The summed E-state index contributed by atoms with van der Waals surface area (Å²) in [6, 6.07) is 7.41. The highest BCUT2D eigenvalue weighted by Gasteiger charge is 2.23. The van der Waals surface area contributed by atoms with Crippen molar-refractivity contribution in [3.8, 4) is 0 Å². The molecule has 0 saturated carbocycles. The molecule has 0 atom stereocenters. The van der Waals surface area contributed by atoms with Gasteiger partial charge in [0.2, 0.25) is 0 Å². The number of esters is 1. The lowest BCUT2D eigenvalue weighted by molar-refractivity contribution is 0.0505. The normalized spacial score (nSPS) is 16.3. The summed E-state index contributed by atoms with van der Waals surface area (Å²) in [6.07, 6.45) is 7.59. The molecule has 7 heteroatoms. The Morgan fingerprint density at radius 2 is 1.82 bits per heavy atom. The molecule has 0 spiro atoms. The van der Waals surface area contributed by atoms with Crippen LogP contribution in [0.1, 0.15) is 71.2 Å². The lowest BCUT2D eigenvalue weighted by atomic mass is 9.97. The summed E-state index contributed by atoms with van der Waals surface area (Å²) in [5.41, 5.74) is 2.84. The van der Waals surface area contributed by atoms with Crippen molar-refractivity contribution in [1.29, 1.82) is 0 Å². The highest BCUT2D eigenvalue weighted by atomic mass is 32.1. The van der Waals surface area contributed by atoms with E-state index in [-0.39, 0.29) is 11.5 Å². The van der Waals surface area contributed by atoms with Gasteiger partial charge in [0.25, 0.3) is 5.56 Å². The lowest BCUT2D eigenvalue weighted by Crippen LogP contribution is -2.30. The number of aromatic nitrogens is 2. The SMILES string of the molecule is CCCOC(=O)c1ccc(Cn2c(CN3CCCC3)nc3sc4c(c3c2=O)CCCC4)cc1. The summed E-state index contributed by atoms with van der Waals surface area (Å²) in [4.78, 5) is 35.6. The third-order valence-electron chi connectivity index (χ3n) is 6.69. The fourth-order valence-electron chi connectivity index (χ4n) is 4.91. The van der Waals surface area contributed by atoms with E-state index >= 15 is 0 Å². The van der Waals surface area contributed by atoms with Crippen molar-refractivity contribution in [1.82, 2.24) is 14.5 Å². The van der Waals surface area contributed by atoms with E-state index in [4.69, 9.17) is 9.72 Å². The molecular formula is C26H31N3O3S. The molecule has 5 rings (SSSR count). The zero-order valence-corrected chi connectivity index (χ0v) is 20.1. The molecule has 3 heterocycles. The van der Waals surface area contributed by atoms with E-state index in [9.17, 15) is 9.59 Å². The van der Waals surface area contributed by atoms with E-state index in [2.05, 4.69) is 4.90 Å². The van der Waals surface area contributed by atoms with Crippen LogP contribution in [-0.2, 0) is 30.7 Å². The van der Waals surface area contributed by atoms with Gasteiger partial charge in [0, 0.05) is 4.88 Å². The number of hydrogen-bond donors (Lipinski definition) is 0. The molecule has 0 amide bonds. The van der Waals surface area contributed by atoms with Gasteiger partial charge >= 0.3 is 5.97 Å². The summed E-state index contributed by atoms with van der Waals surface area (Å²) >= 11 is 1.72. The van der Waals surface area contributed by atoms with Gasteiger partial charge in [0.15, 0.2) is 0 Å². The van der Waals surface area contributed by atoms with Gasteiger partial charge < -0.3 is 4.74 Å². The van der Waals surface area contributed by atoms with E-state index in [1.807, 2.05) is 23.6 Å². The number of nitrogens with zero attached hydrogens (tertiary/aromatic N) is 3. The van der Waals surface area contributed by atoms with Crippen LogP contribution in [-0.4, -0.2) is 40.1 Å². The van der Waals surface area contributed by atoms with Crippen LogP contribution in [0.15, 0.2) is 29.1 Å². The maximum Gasteiger partial charge on any atom is 0.338 e. The smallest absolute Gasteiger partial charge is 0.338 e. The molecule has 174 valence electrons. The Labute approximate surface area is 198 Å². The number of thiophene rings is 1. The molecule has 1 aliphatic carbocycles. The maximum atomic E-state index is 13.8. The number of rotatable bonds is 7. The van der Waals surface area contributed by atoms with Crippen molar-refractivity contribution in [3.63, 3.8) is 0 Å². The van der Waals surface area contributed by atoms with E-state index in [1.54, 1.807) is 23.5 Å². The van der Waals surface area contributed by atoms with E-state index in [1.165, 1.54) is 29.7 Å². The Morgan fingerprint density at radius 1 is 1.06 bits per heavy atom. The molecule has 0 unspecified atom stereocenters. The van der Waals surface area contributed by atoms with Crippen LogP contribution in [0.25, 0.3) is 10.2 Å². The van der Waals surface area contributed by atoms with Crippen molar-refractivity contribution < 1.29 is 9.53 Å². The Morgan fingerprint density at radius 3 is 2.58 bits per heavy atom. The summed E-state index contributed by atoms with van der Waals surface area (Å²) in [7, 11) is 0. The predicted octanol–water partition coefficient (Wildman–Crippen LogP) is 4.55. The average Bonchev–Trinajstić information content (AvgIpc) is 3.48. The Hall–Kier alpha value is -2.51. The minimum atomic E-state index is -0.303. The van der Waals surface area contributed by atoms with Gasteiger partial charge in [-0.15, -0.1) is 11.3 Å². The van der Waals surface area contributed by atoms with Gasteiger partial charge in [-0.05, 0) is 81.3 Å². The van der Waals surface area contributed by atoms with E-state index in [0.717, 1.165) is 60.4 Å². The van der Waals surface area contributed by atoms with Crippen LogP contribution in [0.2, 0.25) is 0 Å².